The predicted molar refractivity (Wildman–Crippen MR) is 124 cm³/mol. The molecule has 2 amide bonds. The normalized spacial score (nSPS) is 12.7. The second-order valence-corrected chi connectivity index (χ2v) is 9.15. The van der Waals surface area contributed by atoms with E-state index in [9.17, 15) is 9.59 Å². The molecule has 0 saturated carbocycles. The van der Waals surface area contributed by atoms with E-state index in [0.717, 1.165) is 20.1 Å². The van der Waals surface area contributed by atoms with Gasteiger partial charge in [0.25, 0.3) is 11.8 Å². The maximum Gasteiger partial charge on any atom is 0.262 e. The number of thiazole rings is 1. The average Bonchev–Trinajstić information content (AvgIpc) is 3.20. The first-order valence-electron chi connectivity index (χ1n) is 9.60. The van der Waals surface area contributed by atoms with Gasteiger partial charge >= 0.3 is 0 Å². The molecule has 31 heavy (non-hydrogen) atoms. The zero-order chi connectivity index (χ0) is 21.2. The first kappa shape index (κ1) is 19.6. The summed E-state index contributed by atoms with van der Waals surface area (Å²) in [6.45, 7) is -0.00158. The number of aromatic nitrogens is 1. The molecule has 0 bridgehead atoms. The smallest absolute Gasteiger partial charge is 0.262 e. The predicted octanol–water partition coefficient (Wildman–Crippen LogP) is 5.17. The standard InChI is InChI=1S/C23H17N3O3S2/c27-21-12-29-19-10-9-15(11-18(19)25-21)24-22(28)16-6-2-1-5-14(16)13-30-23-26-17-7-3-4-8-20(17)31-23/h1-11H,12-13H2,(H,24,28)(H,25,27). The van der Waals surface area contributed by atoms with Crippen molar-refractivity contribution >= 4 is 56.5 Å². The van der Waals surface area contributed by atoms with E-state index in [-0.39, 0.29) is 18.4 Å². The Morgan fingerprint density at radius 3 is 2.87 bits per heavy atom. The van der Waals surface area contributed by atoms with Gasteiger partial charge in [0.05, 0.1) is 15.9 Å². The maximum absolute atomic E-state index is 13.0. The van der Waals surface area contributed by atoms with E-state index < -0.39 is 0 Å². The van der Waals surface area contributed by atoms with Crippen molar-refractivity contribution in [1.82, 2.24) is 4.98 Å². The summed E-state index contributed by atoms with van der Waals surface area (Å²) in [7, 11) is 0. The lowest BCUT2D eigenvalue weighted by atomic mass is 10.1. The molecule has 0 aliphatic carbocycles. The van der Waals surface area contributed by atoms with Gasteiger partial charge in [-0.05, 0) is 42.0 Å². The Hall–Kier alpha value is -3.36. The molecule has 1 aliphatic rings. The number of amides is 2. The summed E-state index contributed by atoms with van der Waals surface area (Å²) in [5.74, 6) is 0.805. The van der Waals surface area contributed by atoms with Crippen LogP contribution in [0, 0.1) is 0 Å². The Morgan fingerprint density at radius 1 is 1.13 bits per heavy atom. The van der Waals surface area contributed by atoms with E-state index in [4.69, 9.17) is 4.74 Å². The number of carbonyl (C=O) groups is 2. The molecule has 1 aliphatic heterocycles. The van der Waals surface area contributed by atoms with Crippen molar-refractivity contribution in [3.05, 3.63) is 77.9 Å². The first-order valence-corrected chi connectivity index (χ1v) is 11.4. The summed E-state index contributed by atoms with van der Waals surface area (Å²) in [6, 6.07) is 20.8. The van der Waals surface area contributed by atoms with Crippen LogP contribution in [-0.4, -0.2) is 23.4 Å². The Bertz CT molecular complexity index is 1270. The fourth-order valence-electron chi connectivity index (χ4n) is 3.28. The van der Waals surface area contributed by atoms with Crippen molar-refractivity contribution < 1.29 is 14.3 Å². The van der Waals surface area contributed by atoms with Crippen molar-refractivity contribution in [2.45, 2.75) is 10.1 Å². The number of benzene rings is 3. The lowest BCUT2D eigenvalue weighted by Crippen LogP contribution is -2.25. The molecule has 1 aromatic heterocycles. The van der Waals surface area contributed by atoms with E-state index in [1.165, 1.54) is 0 Å². The van der Waals surface area contributed by atoms with E-state index in [0.29, 0.717) is 28.4 Å². The number of fused-ring (bicyclic) bond motifs is 2. The monoisotopic (exact) mass is 447 g/mol. The SMILES string of the molecule is O=C1COc2ccc(NC(=O)c3ccccc3CSc3nc4ccccc4s3)cc2N1. The molecular formula is C23H17N3O3S2. The number of nitrogens with zero attached hydrogens (tertiary/aromatic N) is 1. The third kappa shape index (κ3) is 4.26. The molecule has 0 fully saturated rings. The Balaban J connectivity index is 1.32. The zero-order valence-corrected chi connectivity index (χ0v) is 17.9. The number of para-hydroxylation sites is 1. The van der Waals surface area contributed by atoms with Crippen LogP contribution in [0.2, 0.25) is 0 Å². The highest BCUT2D eigenvalue weighted by Gasteiger charge is 2.18. The molecule has 6 nitrogen and oxygen atoms in total. The van der Waals surface area contributed by atoms with E-state index in [2.05, 4.69) is 21.7 Å². The van der Waals surface area contributed by atoms with Crippen LogP contribution in [0.5, 0.6) is 5.75 Å². The number of carbonyl (C=O) groups excluding carboxylic acids is 2. The number of rotatable bonds is 5. The van der Waals surface area contributed by atoms with Crippen LogP contribution < -0.4 is 15.4 Å². The van der Waals surface area contributed by atoms with Crippen LogP contribution in [0.3, 0.4) is 0 Å². The topological polar surface area (TPSA) is 80.3 Å². The Labute approximate surface area is 186 Å². The Morgan fingerprint density at radius 2 is 1.97 bits per heavy atom. The summed E-state index contributed by atoms with van der Waals surface area (Å²) in [5.41, 5.74) is 3.66. The molecule has 0 spiro atoms. The summed E-state index contributed by atoms with van der Waals surface area (Å²) >= 11 is 3.27. The van der Waals surface area contributed by atoms with Crippen LogP contribution in [-0.2, 0) is 10.5 Å². The fraction of sp³-hybridized carbons (Fsp3) is 0.0870. The Kier molecular flexibility index (Phi) is 5.31. The van der Waals surface area contributed by atoms with Crippen LogP contribution >= 0.6 is 23.1 Å². The van der Waals surface area contributed by atoms with Crippen molar-refractivity contribution in [3.8, 4) is 5.75 Å². The molecule has 8 heteroatoms. The molecule has 0 atom stereocenters. The van der Waals surface area contributed by atoms with Crippen molar-refractivity contribution in [1.29, 1.82) is 0 Å². The van der Waals surface area contributed by atoms with Crippen LogP contribution in [0.25, 0.3) is 10.2 Å². The van der Waals surface area contributed by atoms with E-state index >= 15 is 0 Å². The minimum Gasteiger partial charge on any atom is -0.482 e. The minimum atomic E-state index is -0.215. The van der Waals surface area contributed by atoms with Gasteiger partial charge in [-0.2, -0.15) is 0 Å². The molecule has 5 rings (SSSR count). The molecule has 4 aromatic rings. The van der Waals surface area contributed by atoms with Crippen LogP contribution in [0.1, 0.15) is 15.9 Å². The lowest BCUT2D eigenvalue weighted by molar-refractivity contribution is -0.118. The minimum absolute atomic E-state index is 0.00158. The van der Waals surface area contributed by atoms with Crippen LogP contribution in [0.4, 0.5) is 11.4 Å². The van der Waals surface area contributed by atoms with Gasteiger partial charge < -0.3 is 15.4 Å². The molecule has 0 radical (unpaired) electrons. The van der Waals surface area contributed by atoms with E-state index in [1.807, 2.05) is 42.5 Å². The molecule has 2 N–H and O–H groups in total. The second-order valence-electron chi connectivity index (χ2n) is 6.90. The van der Waals surface area contributed by atoms with E-state index in [1.54, 1.807) is 41.3 Å². The molecular weight excluding hydrogens is 430 g/mol. The van der Waals surface area contributed by atoms with Gasteiger partial charge in [0, 0.05) is 17.0 Å². The molecule has 2 heterocycles. The third-order valence-corrected chi connectivity index (χ3v) is 6.99. The van der Waals surface area contributed by atoms with Crippen molar-refractivity contribution in [2.75, 3.05) is 17.2 Å². The number of anilines is 2. The summed E-state index contributed by atoms with van der Waals surface area (Å²) < 4.78 is 7.49. The summed E-state index contributed by atoms with van der Waals surface area (Å²) in [5, 5.41) is 5.66. The number of nitrogens with one attached hydrogen (secondary N) is 2. The first-order chi connectivity index (χ1) is 15.2. The number of ether oxygens (including phenoxy) is 1. The van der Waals surface area contributed by atoms with Crippen molar-refractivity contribution in [2.24, 2.45) is 0 Å². The van der Waals surface area contributed by atoms with Gasteiger partial charge in [0.15, 0.2) is 10.9 Å². The molecule has 0 saturated heterocycles. The fourth-order valence-corrected chi connectivity index (χ4v) is 5.35. The van der Waals surface area contributed by atoms with Gasteiger partial charge in [0.2, 0.25) is 0 Å². The molecule has 3 aromatic carbocycles. The van der Waals surface area contributed by atoms with Gasteiger partial charge in [-0.3, -0.25) is 9.59 Å². The zero-order valence-electron chi connectivity index (χ0n) is 16.3. The van der Waals surface area contributed by atoms with Gasteiger partial charge in [-0.1, -0.05) is 42.1 Å². The van der Waals surface area contributed by atoms with Crippen LogP contribution in [0.15, 0.2) is 71.1 Å². The largest absolute Gasteiger partial charge is 0.482 e. The second kappa shape index (κ2) is 8.41. The summed E-state index contributed by atoms with van der Waals surface area (Å²) in [6.07, 6.45) is 0. The van der Waals surface area contributed by atoms with Gasteiger partial charge in [0.1, 0.15) is 5.75 Å². The molecule has 0 unspecified atom stereocenters. The third-order valence-electron chi connectivity index (χ3n) is 4.76. The summed E-state index contributed by atoms with van der Waals surface area (Å²) in [4.78, 5) is 29.2. The maximum atomic E-state index is 13.0. The van der Waals surface area contributed by atoms with Gasteiger partial charge in [-0.15, -0.1) is 11.3 Å². The highest BCUT2D eigenvalue weighted by atomic mass is 32.2. The number of hydrogen-bond acceptors (Lipinski definition) is 6. The average molecular weight is 448 g/mol. The quantitative estimate of drug-likeness (QED) is 0.413. The number of hydrogen-bond donors (Lipinski definition) is 2. The highest BCUT2D eigenvalue weighted by Crippen LogP contribution is 2.33. The van der Waals surface area contributed by atoms with Crippen molar-refractivity contribution in [3.63, 3.8) is 0 Å². The lowest BCUT2D eigenvalue weighted by Gasteiger charge is -2.18. The molecule has 154 valence electrons. The highest BCUT2D eigenvalue weighted by molar-refractivity contribution is 8.00. The van der Waals surface area contributed by atoms with Gasteiger partial charge in [-0.25, -0.2) is 4.98 Å². The number of thioether (sulfide) groups is 1.